The quantitative estimate of drug-likeness (QED) is 0.181. The Balaban J connectivity index is 1.21. The van der Waals surface area contributed by atoms with Crippen LogP contribution in [0.15, 0.2) is 91.5 Å². The zero-order chi connectivity index (χ0) is 31.6. The third-order valence-corrected chi connectivity index (χ3v) is 7.34. The summed E-state index contributed by atoms with van der Waals surface area (Å²) in [6.07, 6.45) is 6.59. The van der Waals surface area contributed by atoms with Crippen molar-refractivity contribution in [1.82, 2.24) is 40.0 Å². The Morgan fingerprint density at radius 2 is 1.74 bits per heavy atom. The summed E-state index contributed by atoms with van der Waals surface area (Å²) in [6.45, 7) is 1.13. The van der Waals surface area contributed by atoms with Crippen molar-refractivity contribution in [2.75, 3.05) is 32.6 Å². The van der Waals surface area contributed by atoms with E-state index in [-0.39, 0.29) is 5.91 Å². The molecule has 0 spiro atoms. The molecular formula is C34H28FN9O2. The summed E-state index contributed by atoms with van der Waals surface area (Å²) in [5.41, 5.74) is 6.75. The van der Waals surface area contributed by atoms with Crippen LogP contribution in [-0.4, -0.2) is 73.2 Å². The number of pyridine rings is 3. The number of anilines is 1. The largest absolute Gasteiger partial charge is 0.492 e. The van der Waals surface area contributed by atoms with Crippen LogP contribution in [0.1, 0.15) is 10.4 Å². The number of ether oxygens (including phenoxy) is 1. The maximum absolute atomic E-state index is 14.7. The van der Waals surface area contributed by atoms with Crippen molar-refractivity contribution in [2.24, 2.45) is 0 Å². The zero-order valence-corrected chi connectivity index (χ0v) is 25.0. The summed E-state index contributed by atoms with van der Waals surface area (Å²) < 4.78 is 20.5. The molecule has 7 aromatic rings. The number of halogens is 1. The number of rotatable bonds is 9. The van der Waals surface area contributed by atoms with E-state index in [1.165, 1.54) is 12.1 Å². The highest BCUT2D eigenvalue weighted by atomic mass is 19.1. The maximum Gasteiger partial charge on any atom is 0.255 e. The second-order valence-electron chi connectivity index (χ2n) is 10.9. The summed E-state index contributed by atoms with van der Waals surface area (Å²) in [6, 6.07) is 19.1. The highest BCUT2D eigenvalue weighted by molar-refractivity contribution is 6.04. The number of aromatic amines is 2. The molecule has 0 unspecified atom stereocenters. The van der Waals surface area contributed by atoms with Gasteiger partial charge in [0, 0.05) is 41.7 Å². The lowest BCUT2D eigenvalue weighted by molar-refractivity contribution is 0.102. The van der Waals surface area contributed by atoms with Crippen LogP contribution in [0.3, 0.4) is 0 Å². The van der Waals surface area contributed by atoms with Crippen molar-refractivity contribution >= 4 is 33.7 Å². The van der Waals surface area contributed by atoms with Gasteiger partial charge in [0.1, 0.15) is 23.7 Å². The first-order valence-electron chi connectivity index (χ1n) is 14.5. The lowest BCUT2D eigenvalue weighted by Crippen LogP contribution is -2.19. The Labute approximate surface area is 262 Å². The van der Waals surface area contributed by atoms with Crippen LogP contribution in [-0.2, 0) is 0 Å². The first-order valence-corrected chi connectivity index (χ1v) is 14.5. The predicted molar refractivity (Wildman–Crippen MR) is 174 cm³/mol. The van der Waals surface area contributed by atoms with Gasteiger partial charge in [0.2, 0.25) is 0 Å². The molecule has 0 aliphatic carbocycles. The number of hydrogen-bond acceptors (Lipinski definition) is 8. The molecule has 0 saturated heterocycles. The Kier molecular flexibility index (Phi) is 7.61. The molecule has 1 amide bonds. The molecule has 3 N–H and O–H groups in total. The van der Waals surface area contributed by atoms with Gasteiger partial charge in [-0.2, -0.15) is 5.10 Å². The molecule has 46 heavy (non-hydrogen) atoms. The normalized spacial score (nSPS) is 11.4. The van der Waals surface area contributed by atoms with Gasteiger partial charge in [0.05, 0.1) is 40.3 Å². The Bertz CT molecular complexity index is 2190. The van der Waals surface area contributed by atoms with E-state index in [1.54, 1.807) is 43.0 Å². The molecule has 7 rings (SSSR count). The molecule has 0 fully saturated rings. The van der Waals surface area contributed by atoms with Crippen molar-refractivity contribution in [3.05, 3.63) is 103 Å². The number of H-pyrrole nitrogens is 2. The Hall–Kier alpha value is -6.01. The first-order chi connectivity index (χ1) is 22.4. The monoisotopic (exact) mass is 613 g/mol. The molecule has 0 aliphatic rings. The third kappa shape index (κ3) is 5.88. The third-order valence-electron chi connectivity index (χ3n) is 7.34. The fourth-order valence-electron chi connectivity index (χ4n) is 5.07. The van der Waals surface area contributed by atoms with Crippen LogP contribution in [0.4, 0.5) is 10.1 Å². The van der Waals surface area contributed by atoms with Crippen molar-refractivity contribution in [3.63, 3.8) is 0 Å². The van der Waals surface area contributed by atoms with Gasteiger partial charge in [0.15, 0.2) is 11.5 Å². The van der Waals surface area contributed by atoms with Gasteiger partial charge in [-0.1, -0.05) is 18.2 Å². The molecule has 5 aromatic heterocycles. The topological polar surface area (TPSA) is 138 Å². The fourth-order valence-corrected chi connectivity index (χ4v) is 5.07. The first kappa shape index (κ1) is 28.7. The fraction of sp³-hybridized carbons (Fsp3) is 0.118. The van der Waals surface area contributed by atoms with E-state index in [4.69, 9.17) is 14.7 Å². The number of carbonyl (C=O) groups excluding carboxylic acids is 1. The van der Waals surface area contributed by atoms with Gasteiger partial charge < -0.3 is 19.9 Å². The van der Waals surface area contributed by atoms with Crippen LogP contribution in [0.2, 0.25) is 0 Å². The van der Waals surface area contributed by atoms with E-state index in [2.05, 4.69) is 30.5 Å². The highest BCUT2D eigenvalue weighted by Crippen LogP contribution is 2.33. The molecule has 2 aromatic carbocycles. The van der Waals surface area contributed by atoms with Crippen LogP contribution in [0.25, 0.3) is 56.0 Å². The van der Waals surface area contributed by atoms with Crippen molar-refractivity contribution < 1.29 is 13.9 Å². The van der Waals surface area contributed by atoms with Gasteiger partial charge in [0.25, 0.3) is 5.91 Å². The van der Waals surface area contributed by atoms with Gasteiger partial charge >= 0.3 is 0 Å². The number of amides is 1. The summed E-state index contributed by atoms with van der Waals surface area (Å²) in [7, 11) is 3.90. The number of hydrogen-bond donors (Lipinski definition) is 3. The molecule has 0 radical (unpaired) electrons. The second-order valence-corrected chi connectivity index (χ2v) is 10.9. The van der Waals surface area contributed by atoms with Crippen molar-refractivity contribution in [1.29, 1.82) is 0 Å². The van der Waals surface area contributed by atoms with Crippen LogP contribution >= 0.6 is 0 Å². The predicted octanol–water partition coefficient (Wildman–Crippen LogP) is 5.96. The Morgan fingerprint density at radius 1 is 0.891 bits per heavy atom. The molecule has 0 saturated carbocycles. The van der Waals surface area contributed by atoms with Crippen molar-refractivity contribution in [2.45, 2.75) is 0 Å². The number of fused-ring (bicyclic) bond motifs is 2. The summed E-state index contributed by atoms with van der Waals surface area (Å²) in [5, 5.41) is 10.4. The van der Waals surface area contributed by atoms with Gasteiger partial charge in [-0.3, -0.25) is 19.9 Å². The molecule has 0 bridgehead atoms. The van der Waals surface area contributed by atoms with E-state index >= 15 is 0 Å². The molecule has 0 atom stereocenters. The number of nitrogens with zero attached hydrogens (tertiary/aromatic N) is 6. The van der Waals surface area contributed by atoms with E-state index in [9.17, 15) is 9.18 Å². The SMILES string of the molecule is CN(C)CCOc1cc(F)cc(-c2cncc3[nH]c(-c4n[nH]c5ccc(-c6cncc(NC(=O)c7ccccc7)c6)nc45)nc23)c1. The van der Waals surface area contributed by atoms with Gasteiger partial charge in [-0.05, 0) is 62.1 Å². The summed E-state index contributed by atoms with van der Waals surface area (Å²) >= 11 is 0. The number of aromatic nitrogens is 7. The number of likely N-dealkylation sites (N-methyl/N-ethyl adjacent to an activating group) is 1. The average molecular weight is 614 g/mol. The highest BCUT2D eigenvalue weighted by Gasteiger charge is 2.18. The molecule has 228 valence electrons. The van der Waals surface area contributed by atoms with E-state index in [0.717, 1.165) is 0 Å². The number of imidazole rings is 1. The summed E-state index contributed by atoms with van der Waals surface area (Å²) in [4.78, 5) is 36.4. The Morgan fingerprint density at radius 3 is 2.59 bits per heavy atom. The molecule has 11 nitrogen and oxygen atoms in total. The minimum absolute atomic E-state index is 0.231. The second kappa shape index (κ2) is 12.2. The van der Waals surface area contributed by atoms with Crippen molar-refractivity contribution in [3.8, 4) is 39.7 Å². The number of carbonyl (C=O) groups is 1. The van der Waals surface area contributed by atoms with Gasteiger partial charge in [-0.15, -0.1) is 0 Å². The zero-order valence-electron chi connectivity index (χ0n) is 25.0. The van der Waals surface area contributed by atoms with Crippen LogP contribution in [0.5, 0.6) is 5.75 Å². The van der Waals surface area contributed by atoms with E-state index in [1.807, 2.05) is 55.4 Å². The molecule has 12 heteroatoms. The maximum atomic E-state index is 14.7. The smallest absolute Gasteiger partial charge is 0.255 e. The molecule has 0 aliphatic heterocycles. The van der Waals surface area contributed by atoms with E-state index < -0.39 is 5.82 Å². The molecule has 5 heterocycles. The van der Waals surface area contributed by atoms with E-state index in [0.29, 0.717) is 86.1 Å². The summed E-state index contributed by atoms with van der Waals surface area (Å²) in [5.74, 6) is 0.252. The van der Waals surface area contributed by atoms with Gasteiger partial charge in [-0.25, -0.2) is 14.4 Å². The number of nitrogens with one attached hydrogen (secondary N) is 3. The molecular weight excluding hydrogens is 585 g/mol. The van der Waals surface area contributed by atoms with Crippen LogP contribution in [0, 0.1) is 5.82 Å². The average Bonchev–Trinajstić information content (AvgIpc) is 3.69. The van der Waals surface area contributed by atoms with Crippen LogP contribution < -0.4 is 10.1 Å². The minimum atomic E-state index is -0.418. The minimum Gasteiger partial charge on any atom is -0.492 e. The number of benzene rings is 2. The standard InChI is InChI=1S/C34H28FN9O2/c1-44(2)10-11-46-25-14-21(12-23(35)15-25)26-18-37-19-29-30(26)41-33(40-29)32-31-28(42-43-32)9-8-27(39-31)22-13-24(17-36-16-22)38-34(45)20-6-4-3-5-7-20/h3-9,12-19H,10-11H2,1-2H3,(H,38,45)(H,40,41)(H,42,43). The lowest BCUT2D eigenvalue weighted by Gasteiger charge is -2.12. The lowest BCUT2D eigenvalue weighted by atomic mass is 10.1.